The minimum absolute atomic E-state index is 0.885. The summed E-state index contributed by atoms with van der Waals surface area (Å²) in [5.74, 6) is 0.885. The fourth-order valence-electron chi connectivity index (χ4n) is 2.84. The molecule has 1 fully saturated rings. The lowest BCUT2D eigenvalue weighted by molar-refractivity contribution is 0.546. The highest BCUT2D eigenvalue weighted by Crippen LogP contribution is 2.30. The molecule has 1 aromatic rings. The van der Waals surface area contributed by atoms with Gasteiger partial charge in [0.2, 0.25) is 0 Å². The van der Waals surface area contributed by atoms with Crippen molar-refractivity contribution in [3.05, 3.63) is 10.6 Å². The zero-order valence-corrected chi connectivity index (χ0v) is 13.4. The smallest absolute Gasteiger partial charge is 0.185 e. The molecular weight excluding hydrogens is 254 g/mol. The molecule has 1 heterocycles. The van der Waals surface area contributed by atoms with E-state index in [-0.39, 0.29) is 0 Å². The van der Waals surface area contributed by atoms with Crippen LogP contribution in [0.1, 0.15) is 50.1 Å². The SMILES string of the molecule is CCNCc1sc(N(C)CC2CCCC2)nc1CC. The third-order valence-corrected chi connectivity index (χ3v) is 5.18. The van der Waals surface area contributed by atoms with Crippen molar-refractivity contribution >= 4 is 16.5 Å². The summed E-state index contributed by atoms with van der Waals surface area (Å²) in [5, 5.41) is 4.62. The molecular formula is C15H27N3S. The van der Waals surface area contributed by atoms with Crippen molar-refractivity contribution in [3.63, 3.8) is 0 Å². The third kappa shape index (κ3) is 3.93. The molecule has 0 unspecified atom stereocenters. The first kappa shape index (κ1) is 14.8. The Hall–Kier alpha value is -0.610. The zero-order valence-electron chi connectivity index (χ0n) is 12.5. The summed E-state index contributed by atoms with van der Waals surface area (Å²) in [7, 11) is 2.20. The topological polar surface area (TPSA) is 28.2 Å². The van der Waals surface area contributed by atoms with E-state index >= 15 is 0 Å². The Morgan fingerprint density at radius 3 is 2.68 bits per heavy atom. The predicted octanol–water partition coefficient (Wildman–Crippen LogP) is 3.44. The highest BCUT2D eigenvalue weighted by atomic mass is 32.1. The van der Waals surface area contributed by atoms with Gasteiger partial charge in [-0.15, -0.1) is 11.3 Å². The molecule has 1 saturated carbocycles. The summed E-state index contributed by atoms with van der Waals surface area (Å²) in [6, 6.07) is 0. The van der Waals surface area contributed by atoms with Gasteiger partial charge in [-0.1, -0.05) is 26.7 Å². The maximum Gasteiger partial charge on any atom is 0.185 e. The first-order valence-corrected chi connectivity index (χ1v) is 8.46. The van der Waals surface area contributed by atoms with Crippen LogP contribution < -0.4 is 10.2 Å². The van der Waals surface area contributed by atoms with Gasteiger partial charge in [0.05, 0.1) is 5.69 Å². The van der Waals surface area contributed by atoms with Gasteiger partial charge < -0.3 is 10.2 Å². The van der Waals surface area contributed by atoms with E-state index in [1.165, 1.54) is 47.9 Å². The van der Waals surface area contributed by atoms with E-state index in [4.69, 9.17) is 4.98 Å². The average Bonchev–Trinajstić information content (AvgIpc) is 3.04. The second kappa shape index (κ2) is 7.25. The van der Waals surface area contributed by atoms with Gasteiger partial charge in [0, 0.05) is 25.0 Å². The second-order valence-corrected chi connectivity index (χ2v) is 6.59. The van der Waals surface area contributed by atoms with Crippen molar-refractivity contribution in [2.45, 2.75) is 52.5 Å². The minimum Gasteiger partial charge on any atom is -0.351 e. The molecule has 0 spiro atoms. The van der Waals surface area contributed by atoms with Crippen LogP contribution in [0.5, 0.6) is 0 Å². The average molecular weight is 281 g/mol. The summed E-state index contributed by atoms with van der Waals surface area (Å²) >= 11 is 1.87. The van der Waals surface area contributed by atoms with Crippen LogP contribution in [-0.4, -0.2) is 25.1 Å². The number of nitrogens with zero attached hydrogens (tertiary/aromatic N) is 2. The summed E-state index contributed by atoms with van der Waals surface area (Å²) in [4.78, 5) is 8.61. The molecule has 1 aliphatic rings. The van der Waals surface area contributed by atoms with Crippen molar-refractivity contribution in [1.82, 2.24) is 10.3 Å². The number of anilines is 1. The van der Waals surface area contributed by atoms with Crippen LogP contribution in [0, 0.1) is 5.92 Å². The molecule has 2 rings (SSSR count). The summed E-state index contributed by atoms with van der Waals surface area (Å²) in [5.41, 5.74) is 1.28. The van der Waals surface area contributed by atoms with E-state index in [2.05, 4.69) is 31.1 Å². The van der Waals surface area contributed by atoms with Crippen LogP contribution in [-0.2, 0) is 13.0 Å². The lowest BCUT2D eigenvalue weighted by atomic mass is 10.1. The number of nitrogens with one attached hydrogen (secondary N) is 1. The highest BCUT2D eigenvalue weighted by molar-refractivity contribution is 7.15. The summed E-state index contributed by atoms with van der Waals surface area (Å²) in [6.45, 7) is 7.52. The number of hydrogen-bond acceptors (Lipinski definition) is 4. The summed E-state index contributed by atoms with van der Waals surface area (Å²) in [6.07, 6.45) is 6.68. The van der Waals surface area contributed by atoms with Crippen molar-refractivity contribution in [2.75, 3.05) is 25.0 Å². The van der Waals surface area contributed by atoms with E-state index in [1.54, 1.807) is 0 Å². The Balaban J connectivity index is 1.99. The Kier molecular flexibility index (Phi) is 5.64. The number of hydrogen-bond donors (Lipinski definition) is 1. The van der Waals surface area contributed by atoms with Crippen LogP contribution in [0.2, 0.25) is 0 Å². The first-order chi connectivity index (χ1) is 9.24. The molecule has 0 aliphatic heterocycles. The van der Waals surface area contributed by atoms with Gasteiger partial charge in [-0.2, -0.15) is 0 Å². The van der Waals surface area contributed by atoms with Crippen molar-refractivity contribution in [2.24, 2.45) is 5.92 Å². The van der Waals surface area contributed by atoms with E-state index in [0.717, 1.165) is 25.4 Å². The van der Waals surface area contributed by atoms with Crippen LogP contribution in [0.3, 0.4) is 0 Å². The van der Waals surface area contributed by atoms with Gasteiger partial charge >= 0.3 is 0 Å². The summed E-state index contributed by atoms with van der Waals surface area (Å²) < 4.78 is 0. The standard InChI is InChI=1S/C15H27N3S/c1-4-13-14(10-16-5-2)19-15(17-13)18(3)11-12-8-6-7-9-12/h12,16H,4-11H2,1-3H3. The molecule has 0 saturated heterocycles. The lowest BCUT2D eigenvalue weighted by Gasteiger charge is -2.19. The first-order valence-electron chi connectivity index (χ1n) is 7.65. The molecule has 4 heteroatoms. The molecule has 1 aromatic heterocycles. The molecule has 108 valence electrons. The zero-order chi connectivity index (χ0) is 13.7. The maximum absolute atomic E-state index is 4.83. The van der Waals surface area contributed by atoms with Gasteiger partial charge in [0.15, 0.2) is 5.13 Å². The van der Waals surface area contributed by atoms with Crippen LogP contribution in [0.25, 0.3) is 0 Å². The fourth-order valence-corrected chi connectivity index (χ4v) is 3.93. The van der Waals surface area contributed by atoms with E-state index < -0.39 is 0 Å². The van der Waals surface area contributed by atoms with Crippen LogP contribution in [0.4, 0.5) is 5.13 Å². The molecule has 0 radical (unpaired) electrons. The Morgan fingerprint density at radius 1 is 1.32 bits per heavy atom. The molecule has 1 N–H and O–H groups in total. The van der Waals surface area contributed by atoms with Crippen molar-refractivity contribution < 1.29 is 0 Å². The van der Waals surface area contributed by atoms with Gasteiger partial charge in [0.1, 0.15) is 0 Å². The van der Waals surface area contributed by atoms with Gasteiger partial charge in [-0.05, 0) is 31.7 Å². The number of thiazole rings is 1. The van der Waals surface area contributed by atoms with E-state index in [1.807, 2.05) is 11.3 Å². The van der Waals surface area contributed by atoms with Gasteiger partial charge in [0.25, 0.3) is 0 Å². The normalized spacial score (nSPS) is 16.2. The number of rotatable bonds is 7. The lowest BCUT2D eigenvalue weighted by Crippen LogP contribution is -2.23. The quantitative estimate of drug-likeness (QED) is 0.830. The van der Waals surface area contributed by atoms with E-state index in [9.17, 15) is 0 Å². The van der Waals surface area contributed by atoms with Crippen LogP contribution in [0.15, 0.2) is 0 Å². The Bertz CT molecular complexity index is 383. The van der Waals surface area contributed by atoms with Crippen molar-refractivity contribution in [1.29, 1.82) is 0 Å². The molecule has 19 heavy (non-hydrogen) atoms. The van der Waals surface area contributed by atoms with Gasteiger partial charge in [-0.25, -0.2) is 4.98 Å². The molecule has 0 atom stereocenters. The number of aryl methyl sites for hydroxylation is 1. The largest absolute Gasteiger partial charge is 0.351 e. The molecule has 0 amide bonds. The Labute approximate surface area is 121 Å². The predicted molar refractivity (Wildman–Crippen MR) is 84.1 cm³/mol. The molecule has 0 bridgehead atoms. The van der Waals surface area contributed by atoms with Gasteiger partial charge in [-0.3, -0.25) is 0 Å². The highest BCUT2D eigenvalue weighted by Gasteiger charge is 2.19. The molecule has 3 nitrogen and oxygen atoms in total. The minimum atomic E-state index is 0.885. The fraction of sp³-hybridized carbons (Fsp3) is 0.800. The third-order valence-electron chi connectivity index (χ3n) is 3.97. The number of aromatic nitrogens is 1. The monoisotopic (exact) mass is 281 g/mol. The Morgan fingerprint density at radius 2 is 2.05 bits per heavy atom. The van der Waals surface area contributed by atoms with Crippen LogP contribution >= 0.6 is 11.3 Å². The second-order valence-electron chi connectivity index (χ2n) is 5.53. The molecule has 1 aliphatic carbocycles. The van der Waals surface area contributed by atoms with Crippen molar-refractivity contribution in [3.8, 4) is 0 Å². The molecule has 0 aromatic carbocycles. The van der Waals surface area contributed by atoms with E-state index in [0.29, 0.717) is 0 Å². The maximum atomic E-state index is 4.83.